The van der Waals surface area contributed by atoms with E-state index < -0.39 is 0 Å². The van der Waals surface area contributed by atoms with Crippen LogP contribution >= 0.6 is 0 Å². The van der Waals surface area contributed by atoms with Gasteiger partial charge in [-0.25, -0.2) is 0 Å². The van der Waals surface area contributed by atoms with Crippen molar-refractivity contribution in [2.24, 2.45) is 35.5 Å². The highest BCUT2D eigenvalue weighted by molar-refractivity contribution is 5.49. The van der Waals surface area contributed by atoms with Gasteiger partial charge < -0.3 is 0 Å². The first-order valence-corrected chi connectivity index (χ1v) is 19.0. The van der Waals surface area contributed by atoms with Crippen molar-refractivity contribution in [3.63, 3.8) is 0 Å². The number of rotatable bonds is 14. The Morgan fingerprint density at radius 2 is 1.50 bits per heavy atom. The molecule has 7 atom stereocenters. The van der Waals surface area contributed by atoms with E-state index in [1.54, 1.807) is 0 Å². The topological polar surface area (TPSA) is 0 Å². The quantitative estimate of drug-likeness (QED) is 0.181. The fraction of sp³-hybridized carbons (Fsp3) is 0.438. The summed E-state index contributed by atoms with van der Waals surface area (Å²) in [5.41, 5.74) is 14.0. The fourth-order valence-electron chi connectivity index (χ4n) is 9.04. The lowest BCUT2D eigenvalue weighted by molar-refractivity contribution is 0.273. The second kappa shape index (κ2) is 15.3. The molecule has 0 nitrogen and oxygen atoms in total. The number of allylic oxidation sites excluding steroid dienone is 13. The average Bonchev–Trinajstić information content (AvgIpc) is 3.85. The van der Waals surface area contributed by atoms with Crippen LogP contribution in [0.25, 0.3) is 0 Å². The van der Waals surface area contributed by atoms with E-state index in [1.807, 2.05) is 0 Å². The van der Waals surface area contributed by atoms with Gasteiger partial charge in [0.25, 0.3) is 0 Å². The van der Waals surface area contributed by atoms with Crippen LogP contribution in [0.3, 0.4) is 0 Å². The molecule has 1 saturated carbocycles. The summed E-state index contributed by atoms with van der Waals surface area (Å²) in [5, 5.41) is 0. The van der Waals surface area contributed by atoms with Gasteiger partial charge in [0.15, 0.2) is 0 Å². The summed E-state index contributed by atoms with van der Waals surface area (Å²) in [7, 11) is 0. The van der Waals surface area contributed by atoms with Gasteiger partial charge in [0.05, 0.1) is 0 Å². The van der Waals surface area contributed by atoms with Crippen molar-refractivity contribution >= 4 is 0 Å². The van der Waals surface area contributed by atoms with Crippen LogP contribution in [0.2, 0.25) is 0 Å². The van der Waals surface area contributed by atoms with Gasteiger partial charge >= 0.3 is 0 Å². The molecule has 0 aliphatic heterocycles. The van der Waals surface area contributed by atoms with Gasteiger partial charge in [-0.2, -0.15) is 0 Å². The van der Waals surface area contributed by atoms with Crippen LogP contribution in [0.5, 0.6) is 0 Å². The largest absolute Gasteiger partial charge is 0.117 e. The molecule has 0 bridgehead atoms. The summed E-state index contributed by atoms with van der Waals surface area (Å²) in [6.45, 7) is 14.3. The molecule has 0 N–H and O–H groups in total. The minimum Gasteiger partial charge on any atom is -0.117 e. The van der Waals surface area contributed by atoms with Crippen molar-refractivity contribution < 1.29 is 0 Å². The number of aryl methyl sites for hydroxylation is 1. The first-order chi connectivity index (χ1) is 23.3. The van der Waals surface area contributed by atoms with E-state index in [1.165, 1.54) is 71.1 Å². The van der Waals surface area contributed by atoms with Crippen molar-refractivity contribution in [3.8, 4) is 0 Å². The Morgan fingerprint density at radius 1 is 0.812 bits per heavy atom. The van der Waals surface area contributed by atoms with Gasteiger partial charge in [-0.05, 0) is 138 Å². The van der Waals surface area contributed by atoms with Crippen LogP contribution in [-0.2, 0) is 11.8 Å². The maximum absolute atomic E-state index is 3.71. The molecule has 4 aliphatic rings. The first kappa shape index (κ1) is 34.3. The number of fused-ring (bicyclic) bond motifs is 1. The van der Waals surface area contributed by atoms with Crippen molar-refractivity contribution in [1.82, 2.24) is 0 Å². The Hall–Kier alpha value is -3.60. The van der Waals surface area contributed by atoms with Gasteiger partial charge in [-0.15, -0.1) is 5.73 Å². The smallest absolute Gasteiger partial charge is 0.000376 e. The highest BCUT2D eigenvalue weighted by atomic mass is 14.5. The Morgan fingerprint density at radius 3 is 2.19 bits per heavy atom. The van der Waals surface area contributed by atoms with Gasteiger partial charge in [-0.1, -0.05) is 150 Å². The molecule has 0 saturated heterocycles. The number of hydrogen-bond donors (Lipinski definition) is 0. The second-order valence-electron chi connectivity index (χ2n) is 15.7. The molecule has 0 spiro atoms. The first-order valence-electron chi connectivity index (χ1n) is 19.0. The van der Waals surface area contributed by atoms with Gasteiger partial charge in [0.2, 0.25) is 0 Å². The minimum atomic E-state index is 0.0964. The van der Waals surface area contributed by atoms with E-state index in [4.69, 9.17) is 0 Å². The normalized spacial score (nSPS) is 26.8. The van der Waals surface area contributed by atoms with Crippen LogP contribution in [0.15, 0.2) is 143 Å². The van der Waals surface area contributed by atoms with E-state index in [9.17, 15) is 0 Å². The van der Waals surface area contributed by atoms with Crippen molar-refractivity contribution in [1.29, 1.82) is 0 Å². The zero-order valence-corrected chi connectivity index (χ0v) is 30.5. The predicted molar refractivity (Wildman–Crippen MR) is 207 cm³/mol. The molecule has 4 aliphatic carbocycles. The van der Waals surface area contributed by atoms with Gasteiger partial charge in [-0.3, -0.25) is 0 Å². The highest BCUT2D eigenvalue weighted by Gasteiger charge is 2.49. The van der Waals surface area contributed by atoms with E-state index >= 15 is 0 Å². The molecular formula is C48H58. The molecule has 6 rings (SSSR count). The second-order valence-corrected chi connectivity index (χ2v) is 15.7. The van der Waals surface area contributed by atoms with Crippen LogP contribution in [-0.4, -0.2) is 0 Å². The third kappa shape index (κ3) is 7.66. The lowest BCUT2D eigenvalue weighted by Gasteiger charge is -2.40. The number of hydrogen-bond acceptors (Lipinski definition) is 0. The SMILES string of the molecule is CCCC(CCC(C)c1ccc(CCC(C)(c2ccccc2)C2C=CC=CC2C)cc1)CC1=CC(C)=C(C2C3C=CC=CC32)C=C=C1C. The van der Waals surface area contributed by atoms with E-state index in [0.29, 0.717) is 41.4 Å². The summed E-state index contributed by atoms with van der Waals surface area (Å²) in [6.07, 6.45) is 31.8. The van der Waals surface area contributed by atoms with Crippen molar-refractivity contribution in [3.05, 3.63) is 160 Å². The zero-order chi connectivity index (χ0) is 33.7. The van der Waals surface area contributed by atoms with Crippen LogP contribution < -0.4 is 0 Å². The molecule has 48 heavy (non-hydrogen) atoms. The standard InChI is InChI=1S/C48H58/c1-7-15-39(33-41-32-37(5)43(29-23-35(41)3)47-44-19-12-13-20-45(44)47)24-22-34(2)40-27-25-38(26-28-40)30-31-48(6,42-17-9-8-10-18-42)46-21-14-11-16-36(46)4/h8-14,16-21,25-29,32,34,36,39,44-47H,7,15,22,24,30-31,33H2,1-6H3. The third-order valence-corrected chi connectivity index (χ3v) is 12.3. The molecule has 0 aromatic heterocycles. The zero-order valence-electron chi connectivity index (χ0n) is 30.5. The van der Waals surface area contributed by atoms with Gasteiger partial charge in [0.1, 0.15) is 0 Å². The van der Waals surface area contributed by atoms with E-state index in [0.717, 1.165) is 12.8 Å². The van der Waals surface area contributed by atoms with Crippen LogP contribution in [0.1, 0.15) is 103 Å². The molecule has 1 fully saturated rings. The fourth-order valence-corrected chi connectivity index (χ4v) is 9.04. The van der Waals surface area contributed by atoms with Crippen molar-refractivity contribution in [2.75, 3.05) is 0 Å². The Bertz CT molecular complexity index is 1640. The molecule has 0 amide bonds. The monoisotopic (exact) mass is 634 g/mol. The number of benzene rings is 2. The predicted octanol–water partition coefficient (Wildman–Crippen LogP) is 13.0. The molecule has 0 heterocycles. The highest BCUT2D eigenvalue weighted by Crippen LogP contribution is 2.55. The van der Waals surface area contributed by atoms with Crippen LogP contribution in [0.4, 0.5) is 0 Å². The molecule has 0 radical (unpaired) electrons. The van der Waals surface area contributed by atoms with Crippen LogP contribution in [0, 0.1) is 35.5 Å². The molecular weight excluding hydrogens is 577 g/mol. The summed E-state index contributed by atoms with van der Waals surface area (Å²) in [4.78, 5) is 0. The molecule has 2 aromatic rings. The molecule has 0 heteroatoms. The Kier molecular flexibility index (Phi) is 10.9. The minimum absolute atomic E-state index is 0.0964. The summed E-state index contributed by atoms with van der Waals surface area (Å²) >= 11 is 0. The summed E-state index contributed by atoms with van der Waals surface area (Å²) in [6, 6.07) is 20.9. The lowest BCUT2D eigenvalue weighted by atomic mass is 9.63. The average molecular weight is 635 g/mol. The molecule has 7 unspecified atom stereocenters. The lowest BCUT2D eigenvalue weighted by Crippen LogP contribution is -2.36. The summed E-state index contributed by atoms with van der Waals surface area (Å²) in [5.74, 6) is 4.33. The molecule has 250 valence electrons. The summed E-state index contributed by atoms with van der Waals surface area (Å²) < 4.78 is 0. The van der Waals surface area contributed by atoms with E-state index in [2.05, 4.69) is 163 Å². The van der Waals surface area contributed by atoms with E-state index in [-0.39, 0.29) is 5.41 Å². The van der Waals surface area contributed by atoms with Gasteiger partial charge in [0, 0.05) is 0 Å². The Balaban J connectivity index is 1.07. The van der Waals surface area contributed by atoms with Crippen molar-refractivity contribution in [2.45, 2.75) is 97.8 Å². The third-order valence-electron chi connectivity index (χ3n) is 12.3. The maximum atomic E-state index is 3.71. The molecule has 2 aromatic carbocycles. The Labute approximate surface area is 292 Å². The maximum Gasteiger partial charge on any atom is -0.000376 e.